The summed E-state index contributed by atoms with van der Waals surface area (Å²) in [6.45, 7) is 2.55. The minimum atomic E-state index is -0.591. The van der Waals surface area contributed by atoms with Crippen molar-refractivity contribution in [2.45, 2.75) is 31.8 Å². The molecule has 3 rings (SSSR count). The monoisotopic (exact) mass is 397 g/mol. The first-order valence-electron chi connectivity index (χ1n) is 9.86. The van der Waals surface area contributed by atoms with Gasteiger partial charge in [0.1, 0.15) is 6.04 Å². The van der Waals surface area contributed by atoms with Crippen LogP contribution in [0.1, 0.15) is 18.9 Å². The molecule has 0 bridgehead atoms. The van der Waals surface area contributed by atoms with Crippen molar-refractivity contribution in [1.29, 1.82) is 0 Å². The number of amides is 2. The topological polar surface area (TPSA) is 87.7 Å². The number of fused-ring (bicyclic) bond motifs is 1. The SMILES string of the molecule is CNC(=O)C(Cc1ccc2ccccc2c1)N1CCNC(CCOC(C)=O)C1=O. The molecule has 0 aromatic heterocycles. The van der Waals surface area contributed by atoms with Gasteiger partial charge in [-0.05, 0) is 16.3 Å². The summed E-state index contributed by atoms with van der Waals surface area (Å²) in [5, 5.41) is 8.09. The van der Waals surface area contributed by atoms with Crippen LogP contribution in [0.5, 0.6) is 0 Å². The second-order valence-electron chi connectivity index (χ2n) is 7.18. The molecule has 1 saturated heterocycles. The molecule has 1 heterocycles. The number of carbonyl (C=O) groups excluding carboxylic acids is 3. The zero-order valence-corrected chi connectivity index (χ0v) is 16.8. The molecule has 2 aromatic rings. The lowest BCUT2D eigenvalue weighted by Gasteiger charge is -2.37. The van der Waals surface area contributed by atoms with E-state index in [0.29, 0.717) is 25.9 Å². The van der Waals surface area contributed by atoms with E-state index in [9.17, 15) is 14.4 Å². The predicted octanol–water partition coefficient (Wildman–Crippen LogP) is 1.25. The summed E-state index contributed by atoms with van der Waals surface area (Å²) < 4.78 is 4.96. The highest BCUT2D eigenvalue weighted by molar-refractivity contribution is 5.90. The van der Waals surface area contributed by atoms with Crippen molar-refractivity contribution in [3.05, 3.63) is 48.0 Å². The highest BCUT2D eigenvalue weighted by atomic mass is 16.5. The molecule has 29 heavy (non-hydrogen) atoms. The second kappa shape index (κ2) is 9.52. The molecule has 2 aromatic carbocycles. The Kier molecular flexibility index (Phi) is 6.82. The molecule has 2 N–H and O–H groups in total. The Morgan fingerprint density at radius 1 is 1.24 bits per heavy atom. The third-order valence-electron chi connectivity index (χ3n) is 5.20. The average Bonchev–Trinajstić information content (AvgIpc) is 2.72. The first-order chi connectivity index (χ1) is 14.0. The number of rotatable bonds is 7. The highest BCUT2D eigenvalue weighted by Gasteiger charge is 2.36. The molecule has 1 aliphatic rings. The maximum atomic E-state index is 13.0. The number of esters is 1. The number of likely N-dealkylation sites (N-methyl/N-ethyl adjacent to an activating group) is 1. The predicted molar refractivity (Wildman–Crippen MR) is 110 cm³/mol. The van der Waals surface area contributed by atoms with E-state index in [4.69, 9.17) is 4.74 Å². The summed E-state index contributed by atoms with van der Waals surface area (Å²) in [5.41, 5.74) is 1.00. The van der Waals surface area contributed by atoms with E-state index in [1.54, 1.807) is 11.9 Å². The number of carbonyl (C=O) groups is 3. The minimum Gasteiger partial charge on any atom is -0.466 e. The molecule has 1 fully saturated rings. The molecule has 0 spiro atoms. The lowest BCUT2D eigenvalue weighted by molar-refractivity contribution is -0.146. The molecule has 0 radical (unpaired) electrons. The first kappa shape index (κ1) is 20.8. The third kappa shape index (κ3) is 5.12. The Hall–Kier alpha value is -2.93. The van der Waals surface area contributed by atoms with Gasteiger partial charge in [0.2, 0.25) is 11.8 Å². The van der Waals surface area contributed by atoms with Crippen molar-refractivity contribution >= 4 is 28.6 Å². The van der Waals surface area contributed by atoms with Crippen LogP contribution in [0.3, 0.4) is 0 Å². The smallest absolute Gasteiger partial charge is 0.302 e. The van der Waals surface area contributed by atoms with Crippen LogP contribution in [-0.4, -0.2) is 61.5 Å². The number of piperazine rings is 1. The van der Waals surface area contributed by atoms with Gasteiger partial charge in [0.25, 0.3) is 0 Å². The fourth-order valence-electron chi connectivity index (χ4n) is 3.71. The van der Waals surface area contributed by atoms with Gasteiger partial charge < -0.3 is 20.3 Å². The quantitative estimate of drug-likeness (QED) is 0.687. The molecule has 2 atom stereocenters. The summed E-state index contributed by atoms with van der Waals surface area (Å²) in [6, 6.07) is 13.1. The van der Waals surface area contributed by atoms with Gasteiger partial charge >= 0.3 is 5.97 Å². The summed E-state index contributed by atoms with van der Waals surface area (Å²) in [7, 11) is 1.58. The van der Waals surface area contributed by atoms with Crippen LogP contribution in [0.4, 0.5) is 0 Å². The Bertz CT molecular complexity index is 899. The van der Waals surface area contributed by atoms with Crippen molar-refractivity contribution in [3.63, 3.8) is 0 Å². The maximum absolute atomic E-state index is 13.0. The van der Waals surface area contributed by atoms with E-state index in [-0.39, 0.29) is 24.4 Å². The fourth-order valence-corrected chi connectivity index (χ4v) is 3.71. The van der Waals surface area contributed by atoms with Crippen molar-refractivity contribution in [2.75, 3.05) is 26.7 Å². The number of benzene rings is 2. The summed E-state index contributed by atoms with van der Waals surface area (Å²) in [5.74, 6) is -0.699. The van der Waals surface area contributed by atoms with Gasteiger partial charge in [-0.15, -0.1) is 0 Å². The average molecular weight is 397 g/mol. The number of nitrogens with zero attached hydrogens (tertiary/aromatic N) is 1. The van der Waals surface area contributed by atoms with E-state index in [1.165, 1.54) is 6.92 Å². The summed E-state index contributed by atoms with van der Waals surface area (Å²) in [4.78, 5) is 38.3. The Morgan fingerprint density at radius 2 is 2.00 bits per heavy atom. The highest BCUT2D eigenvalue weighted by Crippen LogP contribution is 2.19. The van der Waals surface area contributed by atoms with Crippen LogP contribution in [0, 0.1) is 0 Å². The normalized spacial score (nSPS) is 17.8. The van der Waals surface area contributed by atoms with E-state index in [0.717, 1.165) is 16.3 Å². The molecule has 7 heteroatoms. The molecule has 1 aliphatic heterocycles. The molecule has 7 nitrogen and oxygen atoms in total. The minimum absolute atomic E-state index is 0.141. The van der Waals surface area contributed by atoms with Gasteiger partial charge in [0.15, 0.2) is 0 Å². The van der Waals surface area contributed by atoms with Gasteiger partial charge in [0, 0.05) is 39.9 Å². The number of hydrogen-bond donors (Lipinski definition) is 2. The standard InChI is InChI=1S/C22H27N3O4/c1-15(26)29-12-9-19-22(28)25(11-10-24-19)20(21(27)23-2)14-16-7-8-17-5-3-4-6-18(17)13-16/h3-8,13,19-20,24H,9-12,14H2,1-2H3,(H,23,27). The van der Waals surface area contributed by atoms with Crippen LogP contribution in [0.2, 0.25) is 0 Å². The van der Waals surface area contributed by atoms with Crippen molar-refractivity contribution in [2.24, 2.45) is 0 Å². The summed E-state index contributed by atoms with van der Waals surface area (Å²) >= 11 is 0. The van der Waals surface area contributed by atoms with Crippen LogP contribution >= 0.6 is 0 Å². The lowest BCUT2D eigenvalue weighted by Crippen LogP contribution is -2.61. The van der Waals surface area contributed by atoms with Gasteiger partial charge in [-0.3, -0.25) is 14.4 Å². The van der Waals surface area contributed by atoms with E-state index >= 15 is 0 Å². The molecule has 0 aliphatic carbocycles. The van der Waals surface area contributed by atoms with Crippen LogP contribution in [0.25, 0.3) is 10.8 Å². The number of hydrogen-bond acceptors (Lipinski definition) is 5. The summed E-state index contributed by atoms with van der Waals surface area (Å²) in [6.07, 6.45) is 0.818. The zero-order chi connectivity index (χ0) is 20.8. The lowest BCUT2D eigenvalue weighted by atomic mass is 9.98. The third-order valence-corrected chi connectivity index (χ3v) is 5.20. The van der Waals surface area contributed by atoms with E-state index < -0.39 is 12.1 Å². The van der Waals surface area contributed by atoms with Crippen LogP contribution in [0.15, 0.2) is 42.5 Å². The largest absolute Gasteiger partial charge is 0.466 e. The van der Waals surface area contributed by atoms with Gasteiger partial charge in [0.05, 0.1) is 12.6 Å². The molecular weight excluding hydrogens is 370 g/mol. The van der Waals surface area contributed by atoms with Crippen molar-refractivity contribution in [1.82, 2.24) is 15.5 Å². The molecule has 2 amide bonds. The Balaban J connectivity index is 1.77. The van der Waals surface area contributed by atoms with Crippen molar-refractivity contribution < 1.29 is 19.1 Å². The van der Waals surface area contributed by atoms with E-state index in [2.05, 4.69) is 16.7 Å². The van der Waals surface area contributed by atoms with E-state index in [1.807, 2.05) is 36.4 Å². The molecule has 2 unspecified atom stereocenters. The Morgan fingerprint density at radius 3 is 2.72 bits per heavy atom. The van der Waals surface area contributed by atoms with Crippen molar-refractivity contribution in [3.8, 4) is 0 Å². The molecule has 0 saturated carbocycles. The maximum Gasteiger partial charge on any atom is 0.302 e. The number of ether oxygens (including phenoxy) is 1. The van der Waals surface area contributed by atoms with Gasteiger partial charge in [-0.25, -0.2) is 0 Å². The van der Waals surface area contributed by atoms with Crippen LogP contribution in [-0.2, 0) is 25.5 Å². The molecule has 154 valence electrons. The fraction of sp³-hybridized carbons (Fsp3) is 0.409. The Labute approximate surface area is 170 Å². The van der Waals surface area contributed by atoms with Gasteiger partial charge in [-0.2, -0.15) is 0 Å². The van der Waals surface area contributed by atoms with Gasteiger partial charge in [-0.1, -0.05) is 42.5 Å². The first-order valence-corrected chi connectivity index (χ1v) is 9.86. The number of nitrogens with one attached hydrogen (secondary N) is 2. The van der Waals surface area contributed by atoms with Crippen LogP contribution < -0.4 is 10.6 Å². The molecular formula is C22H27N3O4. The second-order valence-corrected chi connectivity index (χ2v) is 7.18. The zero-order valence-electron chi connectivity index (χ0n) is 16.8.